The highest BCUT2D eigenvalue weighted by Crippen LogP contribution is 2.46. The summed E-state index contributed by atoms with van der Waals surface area (Å²) in [5.41, 5.74) is 0. The fraction of sp³-hybridized carbons (Fsp3) is 0.417. The van der Waals surface area contributed by atoms with Gasteiger partial charge in [0.1, 0.15) is 29.2 Å². The molecule has 19 heavy (non-hydrogen) atoms. The van der Waals surface area contributed by atoms with E-state index in [2.05, 4.69) is 0 Å². The van der Waals surface area contributed by atoms with Gasteiger partial charge in [-0.25, -0.2) is 17.6 Å². The van der Waals surface area contributed by atoms with Crippen LogP contribution in [0.15, 0.2) is 23.3 Å². The molecule has 0 heterocycles. The molecule has 1 aliphatic rings. The minimum Gasteiger partial charge on any atom is -0.208 e. The minimum absolute atomic E-state index is 1.11. The van der Waals surface area contributed by atoms with Gasteiger partial charge in [-0.1, -0.05) is 0 Å². The van der Waals surface area contributed by atoms with Crippen molar-refractivity contribution in [1.29, 1.82) is 15.8 Å². The molecule has 0 radical (unpaired) electrons. The molecule has 7 heteroatoms. The molecule has 0 aromatic heterocycles. The van der Waals surface area contributed by atoms with Gasteiger partial charge in [0.15, 0.2) is 0 Å². The van der Waals surface area contributed by atoms with Gasteiger partial charge in [-0.3, -0.25) is 0 Å². The molecule has 0 N–H and O–H groups in total. The van der Waals surface area contributed by atoms with Crippen molar-refractivity contribution >= 4 is 0 Å². The molecule has 0 aromatic carbocycles. The lowest BCUT2D eigenvalue weighted by Crippen LogP contribution is -2.25. The summed E-state index contributed by atoms with van der Waals surface area (Å²) in [4.78, 5) is 0. The average Bonchev–Trinajstić information content (AvgIpc) is 2.41. The number of nitrogens with zero attached hydrogens (tertiary/aromatic N) is 3. The highest BCUT2D eigenvalue weighted by Gasteiger charge is 2.45. The highest BCUT2D eigenvalue weighted by molar-refractivity contribution is 5.35. The molecule has 1 unspecified atom stereocenters. The molecular formula is C12H7F4N3. The molecule has 0 saturated heterocycles. The number of hydrogen-bond acceptors (Lipinski definition) is 3. The third-order valence-corrected chi connectivity index (χ3v) is 2.86. The maximum atomic E-state index is 13.7. The van der Waals surface area contributed by atoms with Crippen LogP contribution in [0.5, 0.6) is 0 Å². The highest BCUT2D eigenvalue weighted by atomic mass is 19.2. The van der Waals surface area contributed by atoms with Crippen LogP contribution in [0.2, 0.25) is 0 Å². The Morgan fingerprint density at radius 3 is 1.47 bits per heavy atom. The predicted octanol–water partition coefficient (Wildman–Crippen LogP) is 3.36. The number of nitriles is 3. The van der Waals surface area contributed by atoms with Gasteiger partial charge in [-0.15, -0.1) is 0 Å². The first-order valence-corrected chi connectivity index (χ1v) is 5.19. The smallest absolute Gasteiger partial charge is 0.148 e. The van der Waals surface area contributed by atoms with E-state index in [1.165, 1.54) is 18.2 Å². The van der Waals surface area contributed by atoms with E-state index in [-0.39, 0.29) is 0 Å². The van der Waals surface area contributed by atoms with Crippen LogP contribution in [0.4, 0.5) is 17.6 Å². The molecule has 0 bridgehead atoms. The van der Waals surface area contributed by atoms with Crippen molar-refractivity contribution in [2.75, 3.05) is 0 Å². The van der Waals surface area contributed by atoms with Gasteiger partial charge < -0.3 is 0 Å². The van der Waals surface area contributed by atoms with E-state index in [0.29, 0.717) is 0 Å². The lowest BCUT2D eigenvalue weighted by molar-refractivity contribution is 0.271. The van der Waals surface area contributed by atoms with Crippen molar-refractivity contribution in [3.05, 3.63) is 23.3 Å². The van der Waals surface area contributed by atoms with Crippen LogP contribution in [-0.2, 0) is 0 Å². The summed E-state index contributed by atoms with van der Waals surface area (Å²) in [6.45, 7) is 1.11. The van der Waals surface area contributed by atoms with Crippen LogP contribution in [0.3, 0.4) is 0 Å². The molecule has 1 rings (SSSR count). The number of hydrogen-bond donors (Lipinski definition) is 0. The molecular weight excluding hydrogens is 262 g/mol. The van der Waals surface area contributed by atoms with Crippen LogP contribution in [0.1, 0.15) is 6.92 Å². The molecule has 0 aliphatic heterocycles. The maximum Gasteiger partial charge on any atom is 0.148 e. The van der Waals surface area contributed by atoms with Gasteiger partial charge in [-0.05, 0) is 6.92 Å². The molecule has 0 amide bonds. The van der Waals surface area contributed by atoms with Crippen molar-refractivity contribution in [2.24, 2.45) is 23.7 Å². The zero-order valence-corrected chi connectivity index (χ0v) is 9.66. The second-order valence-electron chi connectivity index (χ2n) is 4.00. The Bertz CT molecular complexity index is 533. The molecule has 0 spiro atoms. The van der Waals surface area contributed by atoms with E-state index >= 15 is 0 Å². The van der Waals surface area contributed by atoms with Crippen LogP contribution in [-0.4, -0.2) is 0 Å². The van der Waals surface area contributed by atoms with Crippen LogP contribution in [0, 0.1) is 57.7 Å². The molecule has 1 aliphatic carbocycles. The summed E-state index contributed by atoms with van der Waals surface area (Å²) in [5, 5.41) is 25.7. The van der Waals surface area contributed by atoms with Crippen molar-refractivity contribution in [1.82, 2.24) is 0 Å². The summed E-state index contributed by atoms with van der Waals surface area (Å²) >= 11 is 0. The lowest BCUT2D eigenvalue weighted by Gasteiger charge is -2.26. The number of halogens is 4. The second-order valence-corrected chi connectivity index (χ2v) is 4.00. The Balaban J connectivity index is 3.39. The van der Waals surface area contributed by atoms with E-state index in [0.717, 1.165) is 6.92 Å². The van der Waals surface area contributed by atoms with E-state index in [1.807, 2.05) is 0 Å². The largest absolute Gasteiger partial charge is 0.208 e. The van der Waals surface area contributed by atoms with E-state index in [4.69, 9.17) is 15.8 Å². The quantitative estimate of drug-likeness (QED) is 0.721. The Labute approximate surface area is 106 Å². The molecule has 3 nitrogen and oxygen atoms in total. The third-order valence-electron chi connectivity index (χ3n) is 2.86. The van der Waals surface area contributed by atoms with Gasteiger partial charge in [0, 0.05) is 0 Å². The van der Waals surface area contributed by atoms with Crippen molar-refractivity contribution in [2.45, 2.75) is 6.92 Å². The Hall–Kier alpha value is -2.33. The molecule has 0 aromatic rings. The minimum atomic E-state index is -2.21. The second kappa shape index (κ2) is 5.54. The number of allylic oxidation sites excluding steroid dienone is 4. The topological polar surface area (TPSA) is 71.4 Å². The maximum absolute atomic E-state index is 13.7. The Morgan fingerprint density at radius 2 is 1.16 bits per heavy atom. The number of rotatable bonds is 2. The van der Waals surface area contributed by atoms with Crippen LogP contribution >= 0.6 is 0 Å². The third kappa shape index (κ3) is 2.30. The zero-order chi connectivity index (χ0) is 14.7. The standard InChI is InChI=1S/C12H7F4N3/c1-5(2-17)7-9(13)11(15)8(6(3-18)4-19)12(16)10(7)14/h5-8H,1H3. The first-order chi connectivity index (χ1) is 8.90. The molecule has 0 saturated carbocycles. The van der Waals surface area contributed by atoms with Gasteiger partial charge in [0.2, 0.25) is 0 Å². The summed E-state index contributed by atoms with van der Waals surface area (Å²) < 4.78 is 54.7. The Kier molecular flexibility index (Phi) is 4.30. The first kappa shape index (κ1) is 14.7. The van der Waals surface area contributed by atoms with E-state index in [9.17, 15) is 17.6 Å². The van der Waals surface area contributed by atoms with Crippen LogP contribution < -0.4 is 0 Å². The first-order valence-electron chi connectivity index (χ1n) is 5.19. The normalized spacial score (nSPS) is 24.8. The van der Waals surface area contributed by atoms with E-state index in [1.54, 1.807) is 0 Å². The predicted molar refractivity (Wildman–Crippen MR) is 55.0 cm³/mol. The Morgan fingerprint density at radius 1 is 0.789 bits per heavy atom. The average molecular weight is 269 g/mol. The summed E-state index contributed by atoms with van der Waals surface area (Å²) in [6.07, 6.45) is 0. The zero-order valence-electron chi connectivity index (χ0n) is 9.66. The van der Waals surface area contributed by atoms with Crippen LogP contribution in [0.25, 0.3) is 0 Å². The summed E-state index contributed by atoms with van der Waals surface area (Å²) in [7, 11) is 0. The van der Waals surface area contributed by atoms with Crippen molar-refractivity contribution in [3.63, 3.8) is 0 Å². The summed E-state index contributed by atoms with van der Waals surface area (Å²) in [5.74, 6) is -14.1. The van der Waals surface area contributed by atoms with Gasteiger partial charge in [0.05, 0.1) is 36.0 Å². The monoisotopic (exact) mass is 269 g/mol. The van der Waals surface area contributed by atoms with Crippen molar-refractivity contribution in [3.8, 4) is 18.2 Å². The van der Waals surface area contributed by atoms with Gasteiger partial charge in [-0.2, -0.15) is 15.8 Å². The fourth-order valence-corrected chi connectivity index (χ4v) is 1.80. The summed E-state index contributed by atoms with van der Waals surface area (Å²) in [6, 6.07) is 4.04. The molecule has 0 fully saturated rings. The molecule has 98 valence electrons. The lowest BCUT2D eigenvalue weighted by atomic mass is 9.80. The van der Waals surface area contributed by atoms with Crippen molar-refractivity contribution < 1.29 is 17.6 Å². The molecule has 1 atom stereocenters. The SMILES string of the molecule is CC(C#N)C1C(F)=C(F)C(C(C#N)C#N)C(F)=C1F. The van der Waals surface area contributed by atoms with Gasteiger partial charge in [0.25, 0.3) is 0 Å². The fourth-order valence-electron chi connectivity index (χ4n) is 1.80. The van der Waals surface area contributed by atoms with Gasteiger partial charge >= 0.3 is 0 Å². The van der Waals surface area contributed by atoms with E-state index < -0.39 is 47.0 Å².